The van der Waals surface area contributed by atoms with Crippen molar-refractivity contribution in [2.45, 2.75) is 37.0 Å². The molecule has 2 aliphatic rings. The first-order chi connectivity index (χ1) is 9.19. The average molecular weight is 277 g/mol. The number of carboxylic acid groups (broad SMARTS) is 1. The van der Waals surface area contributed by atoms with Crippen LogP contribution in [0.4, 0.5) is 5.69 Å². The molecule has 0 amide bonds. The summed E-state index contributed by atoms with van der Waals surface area (Å²) in [6.07, 6.45) is 6.63. The topological polar surface area (TPSA) is 49.3 Å². The minimum absolute atomic E-state index is 0.382. The Balaban J connectivity index is 1.83. The van der Waals surface area contributed by atoms with Gasteiger partial charge in [0.05, 0.1) is 5.56 Å². The largest absolute Gasteiger partial charge is 0.478 e. The third kappa shape index (κ3) is 2.59. The standard InChI is InChI=1S/C15H19NO2S/c17-14(18)11-4-5-12-13(8-11)19-10-15(9-16-12)6-2-1-3-7-15/h4-5,8,16H,1-3,6-7,9-10H2,(H,17,18). The molecule has 0 radical (unpaired) electrons. The lowest BCUT2D eigenvalue weighted by Crippen LogP contribution is -2.33. The average Bonchev–Trinajstić information content (AvgIpc) is 2.60. The van der Waals surface area contributed by atoms with Gasteiger partial charge in [-0.15, -0.1) is 11.8 Å². The predicted molar refractivity (Wildman–Crippen MR) is 78.1 cm³/mol. The lowest BCUT2D eigenvalue weighted by Gasteiger charge is -2.35. The number of aromatic carboxylic acids is 1. The highest BCUT2D eigenvalue weighted by Gasteiger charge is 2.34. The molecule has 102 valence electrons. The van der Waals surface area contributed by atoms with Gasteiger partial charge in [0.1, 0.15) is 0 Å². The van der Waals surface area contributed by atoms with Crippen LogP contribution in [0.25, 0.3) is 0 Å². The normalized spacial score (nSPS) is 21.3. The van der Waals surface area contributed by atoms with E-state index in [1.54, 1.807) is 12.1 Å². The molecule has 1 aliphatic heterocycles. The first-order valence-corrected chi connectivity index (χ1v) is 7.91. The Morgan fingerprint density at radius 1 is 1.26 bits per heavy atom. The van der Waals surface area contributed by atoms with Gasteiger partial charge < -0.3 is 10.4 Å². The lowest BCUT2D eigenvalue weighted by atomic mass is 9.75. The Kier molecular flexibility index (Phi) is 3.44. The lowest BCUT2D eigenvalue weighted by molar-refractivity contribution is 0.0696. The van der Waals surface area contributed by atoms with E-state index in [-0.39, 0.29) is 0 Å². The van der Waals surface area contributed by atoms with Crippen molar-refractivity contribution in [1.82, 2.24) is 0 Å². The van der Waals surface area contributed by atoms with E-state index < -0.39 is 5.97 Å². The minimum atomic E-state index is -0.847. The Morgan fingerprint density at radius 3 is 2.79 bits per heavy atom. The second kappa shape index (κ2) is 5.08. The van der Waals surface area contributed by atoms with Crippen LogP contribution in [0, 0.1) is 5.41 Å². The van der Waals surface area contributed by atoms with E-state index in [1.807, 2.05) is 17.8 Å². The summed E-state index contributed by atoms with van der Waals surface area (Å²) in [6, 6.07) is 5.40. The number of hydrogen-bond donors (Lipinski definition) is 2. The monoisotopic (exact) mass is 277 g/mol. The number of fused-ring (bicyclic) bond motifs is 1. The molecule has 4 heteroatoms. The fraction of sp³-hybridized carbons (Fsp3) is 0.533. The summed E-state index contributed by atoms with van der Waals surface area (Å²) < 4.78 is 0. The van der Waals surface area contributed by atoms with Crippen LogP contribution in [-0.2, 0) is 0 Å². The molecule has 0 bridgehead atoms. The second-order valence-corrected chi connectivity index (χ2v) is 6.74. The van der Waals surface area contributed by atoms with E-state index in [0.717, 1.165) is 22.9 Å². The quantitative estimate of drug-likeness (QED) is 0.818. The highest BCUT2D eigenvalue weighted by molar-refractivity contribution is 7.99. The summed E-state index contributed by atoms with van der Waals surface area (Å²) in [6.45, 7) is 1.03. The molecule has 0 aromatic heterocycles. The predicted octanol–water partition coefficient (Wildman–Crippen LogP) is 3.85. The van der Waals surface area contributed by atoms with Gasteiger partial charge >= 0.3 is 5.97 Å². The maximum Gasteiger partial charge on any atom is 0.335 e. The Bertz CT molecular complexity index is 495. The van der Waals surface area contributed by atoms with Crippen LogP contribution in [0.15, 0.2) is 23.1 Å². The van der Waals surface area contributed by atoms with Crippen LogP contribution in [-0.4, -0.2) is 23.4 Å². The summed E-state index contributed by atoms with van der Waals surface area (Å²) >= 11 is 1.82. The van der Waals surface area contributed by atoms with Crippen molar-refractivity contribution in [1.29, 1.82) is 0 Å². The first-order valence-electron chi connectivity index (χ1n) is 6.93. The molecular formula is C15H19NO2S. The fourth-order valence-electron chi connectivity index (χ4n) is 3.11. The van der Waals surface area contributed by atoms with Crippen LogP contribution < -0.4 is 5.32 Å². The molecule has 1 aromatic carbocycles. The van der Waals surface area contributed by atoms with E-state index in [1.165, 1.54) is 32.1 Å². The third-order valence-electron chi connectivity index (χ3n) is 4.33. The summed E-state index contributed by atoms with van der Waals surface area (Å²) in [5.74, 6) is 0.260. The first kappa shape index (κ1) is 12.9. The Hall–Kier alpha value is -1.16. The molecule has 3 nitrogen and oxygen atoms in total. The zero-order chi connectivity index (χ0) is 13.3. The number of thioether (sulfide) groups is 1. The molecule has 1 aliphatic carbocycles. The third-order valence-corrected chi connectivity index (χ3v) is 5.74. The Labute approximate surface area is 117 Å². The van der Waals surface area contributed by atoms with Gasteiger partial charge in [-0.1, -0.05) is 19.3 Å². The minimum Gasteiger partial charge on any atom is -0.478 e. The van der Waals surface area contributed by atoms with E-state index in [0.29, 0.717) is 11.0 Å². The van der Waals surface area contributed by atoms with Gasteiger partial charge in [0, 0.05) is 22.9 Å². The van der Waals surface area contributed by atoms with Crippen molar-refractivity contribution < 1.29 is 9.90 Å². The highest BCUT2D eigenvalue weighted by atomic mass is 32.2. The van der Waals surface area contributed by atoms with Crippen LogP contribution in [0.3, 0.4) is 0 Å². The van der Waals surface area contributed by atoms with Crippen LogP contribution in [0.1, 0.15) is 42.5 Å². The number of nitrogens with one attached hydrogen (secondary N) is 1. The second-order valence-electron chi connectivity index (χ2n) is 5.72. The Morgan fingerprint density at radius 2 is 2.05 bits per heavy atom. The molecule has 0 unspecified atom stereocenters. The SMILES string of the molecule is O=C(O)c1ccc2c(c1)SCC1(CCCCC1)CN2. The van der Waals surface area contributed by atoms with E-state index in [9.17, 15) is 4.79 Å². The summed E-state index contributed by atoms with van der Waals surface area (Å²) in [4.78, 5) is 12.1. The highest BCUT2D eigenvalue weighted by Crippen LogP contribution is 2.44. The van der Waals surface area contributed by atoms with Crippen LogP contribution in [0.5, 0.6) is 0 Å². The molecule has 3 rings (SSSR count). The number of hydrogen-bond acceptors (Lipinski definition) is 3. The number of anilines is 1. The number of rotatable bonds is 1. The summed E-state index contributed by atoms with van der Waals surface area (Å²) in [5, 5.41) is 12.6. The molecule has 0 saturated heterocycles. The maximum atomic E-state index is 11.0. The zero-order valence-electron chi connectivity index (χ0n) is 10.9. The van der Waals surface area contributed by atoms with Crippen LogP contribution >= 0.6 is 11.8 Å². The summed E-state index contributed by atoms with van der Waals surface area (Å²) in [7, 11) is 0. The number of carboxylic acids is 1. The van der Waals surface area contributed by atoms with Gasteiger partial charge in [0.2, 0.25) is 0 Å². The molecule has 2 N–H and O–H groups in total. The van der Waals surface area contributed by atoms with E-state index in [2.05, 4.69) is 5.32 Å². The molecule has 0 atom stereocenters. The maximum absolute atomic E-state index is 11.0. The molecule has 1 fully saturated rings. The van der Waals surface area contributed by atoms with E-state index in [4.69, 9.17) is 5.11 Å². The smallest absolute Gasteiger partial charge is 0.335 e. The van der Waals surface area contributed by atoms with Gasteiger partial charge in [0.25, 0.3) is 0 Å². The van der Waals surface area contributed by atoms with Crippen molar-refractivity contribution in [3.05, 3.63) is 23.8 Å². The zero-order valence-corrected chi connectivity index (χ0v) is 11.8. The van der Waals surface area contributed by atoms with Gasteiger partial charge in [0.15, 0.2) is 0 Å². The summed E-state index contributed by atoms with van der Waals surface area (Å²) in [5.41, 5.74) is 1.88. The van der Waals surface area contributed by atoms with Gasteiger partial charge in [-0.05, 0) is 36.5 Å². The van der Waals surface area contributed by atoms with E-state index >= 15 is 0 Å². The van der Waals surface area contributed by atoms with Crippen molar-refractivity contribution in [3.8, 4) is 0 Å². The molecule has 1 spiro atoms. The molecule has 1 aromatic rings. The number of benzene rings is 1. The number of carbonyl (C=O) groups is 1. The molecule has 1 heterocycles. The van der Waals surface area contributed by atoms with Gasteiger partial charge in [-0.2, -0.15) is 0 Å². The fourth-order valence-corrected chi connectivity index (χ4v) is 4.47. The van der Waals surface area contributed by atoms with Crippen LogP contribution in [0.2, 0.25) is 0 Å². The van der Waals surface area contributed by atoms with Crippen molar-refractivity contribution in [2.75, 3.05) is 17.6 Å². The molecule has 1 saturated carbocycles. The van der Waals surface area contributed by atoms with Gasteiger partial charge in [-0.25, -0.2) is 4.79 Å². The van der Waals surface area contributed by atoms with Crippen molar-refractivity contribution in [3.63, 3.8) is 0 Å². The van der Waals surface area contributed by atoms with Crippen molar-refractivity contribution >= 4 is 23.4 Å². The van der Waals surface area contributed by atoms with Crippen molar-refractivity contribution in [2.24, 2.45) is 5.41 Å². The molecule has 19 heavy (non-hydrogen) atoms. The molecular weight excluding hydrogens is 258 g/mol. The van der Waals surface area contributed by atoms with Gasteiger partial charge in [-0.3, -0.25) is 0 Å².